The Morgan fingerprint density at radius 3 is 2.35 bits per heavy atom. The molecule has 1 N–H and O–H groups in total. The molecule has 2 aliphatic heterocycles. The van der Waals surface area contributed by atoms with Crippen LogP contribution < -0.4 is 10.2 Å². The molecule has 0 radical (unpaired) electrons. The van der Waals surface area contributed by atoms with Gasteiger partial charge in [-0.25, -0.2) is 4.98 Å². The van der Waals surface area contributed by atoms with Crippen LogP contribution in [0.2, 0.25) is 0 Å². The Morgan fingerprint density at radius 1 is 1.00 bits per heavy atom. The van der Waals surface area contributed by atoms with Crippen LogP contribution in [-0.4, -0.2) is 49.2 Å². The van der Waals surface area contributed by atoms with E-state index in [-0.39, 0.29) is 5.79 Å². The summed E-state index contributed by atoms with van der Waals surface area (Å²) in [5.74, 6) is 0.877. The first-order chi connectivity index (χ1) is 11.3. The first kappa shape index (κ1) is 15.4. The van der Waals surface area contributed by atoms with Gasteiger partial charge in [-0.2, -0.15) is 0 Å². The number of piperidine rings is 1. The number of aromatic nitrogens is 1. The lowest BCUT2D eigenvalue weighted by Gasteiger charge is -2.39. The predicted octanol–water partition coefficient (Wildman–Crippen LogP) is 2.33. The number of nitrogens with one attached hydrogen (secondary N) is 1. The summed E-state index contributed by atoms with van der Waals surface area (Å²) >= 11 is 0. The Kier molecular flexibility index (Phi) is 4.51. The first-order valence-electron chi connectivity index (χ1n) is 9.03. The van der Waals surface area contributed by atoms with Crippen LogP contribution in [0.25, 0.3) is 0 Å². The minimum atomic E-state index is -0.236. The number of rotatable bonds is 3. The van der Waals surface area contributed by atoms with E-state index in [0.29, 0.717) is 12.1 Å². The summed E-state index contributed by atoms with van der Waals surface area (Å²) in [6.07, 6.45) is 8.69. The Hall–Kier alpha value is -1.17. The number of pyridine rings is 1. The molecule has 5 heteroatoms. The van der Waals surface area contributed by atoms with Crippen LogP contribution in [0, 0.1) is 0 Å². The van der Waals surface area contributed by atoms with Gasteiger partial charge in [0.1, 0.15) is 5.82 Å². The fourth-order valence-corrected chi connectivity index (χ4v) is 4.16. The summed E-state index contributed by atoms with van der Waals surface area (Å²) < 4.78 is 11.6. The maximum absolute atomic E-state index is 5.82. The molecule has 1 aliphatic carbocycles. The topological polar surface area (TPSA) is 46.6 Å². The van der Waals surface area contributed by atoms with Crippen molar-refractivity contribution in [3.8, 4) is 0 Å². The Balaban J connectivity index is 1.23. The van der Waals surface area contributed by atoms with Crippen molar-refractivity contribution in [2.75, 3.05) is 31.2 Å². The minimum Gasteiger partial charge on any atom is -0.357 e. The van der Waals surface area contributed by atoms with Crippen LogP contribution in [0.3, 0.4) is 0 Å². The zero-order valence-corrected chi connectivity index (χ0v) is 13.7. The third kappa shape index (κ3) is 3.52. The fraction of sp³-hybridized carbons (Fsp3) is 0.722. The van der Waals surface area contributed by atoms with Gasteiger partial charge in [-0.15, -0.1) is 0 Å². The molecule has 1 aromatic heterocycles. The van der Waals surface area contributed by atoms with Gasteiger partial charge >= 0.3 is 0 Å². The van der Waals surface area contributed by atoms with Gasteiger partial charge in [-0.1, -0.05) is 6.07 Å². The summed E-state index contributed by atoms with van der Waals surface area (Å²) in [6, 6.07) is 7.42. The van der Waals surface area contributed by atoms with Gasteiger partial charge in [0.2, 0.25) is 0 Å². The van der Waals surface area contributed by atoms with Crippen LogP contribution in [0.4, 0.5) is 5.82 Å². The molecule has 1 spiro atoms. The zero-order valence-electron chi connectivity index (χ0n) is 13.7. The largest absolute Gasteiger partial charge is 0.357 e. The second-order valence-electron chi connectivity index (χ2n) is 7.00. The lowest BCUT2D eigenvalue weighted by atomic mass is 9.89. The van der Waals surface area contributed by atoms with Gasteiger partial charge < -0.3 is 19.7 Å². The van der Waals surface area contributed by atoms with Crippen LogP contribution in [0.5, 0.6) is 0 Å². The lowest BCUT2D eigenvalue weighted by Crippen LogP contribution is -2.49. The van der Waals surface area contributed by atoms with E-state index in [1.54, 1.807) is 0 Å². The van der Waals surface area contributed by atoms with Crippen molar-refractivity contribution in [1.29, 1.82) is 0 Å². The SMILES string of the molecule is c1ccc(N2CCC(NC3CCC4(CC3)OCCO4)CC2)nc1. The molecule has 3 aliphatic rings. The van der Waals surface area contributed by atoms with Gasteiger partial charge in [0.05, 0.1) is 13.2 Å². The molecule has 0 aromatic carbocycles. The molecule has 126 valence electrons. The quantitative estimate of drug-likeness (QED) is 0.927. The van der Waals surface area contributed by atoms with Crippen molar-refractivity contribution >= 4 is 5.82 Å². The molecule has 23 heavy (non-hydrogen) atoms. The van der Waals surface area contributed by atoms with Gasteiger partial charge in [0.25, 0.3) is 0 Å². The van der Waals surface area contributed by atoms with Crippen molar-refractivity contribution < 1.29 is 9.47 Å². The Labute approximate surface area is 138 Å². The highest BCUT2D eigenvalue weighted by Gasteiger charge is 2.40. The average Bonchev–Trinajstić information content (AvgIpc) is 3.07. The van der Waals surface area contributed by atoms with E-state index in [1.807, 2.05) is 12.3 Å². The third-order valence-corrected chi connectivity index (χ3v) is 5.50. The summed E-state index contributed by atoms with van der Waals surface area (Å²) in [4.78, 5) is 6.86. The van der Waals surface area contributed by atoms with Crippen LogP contribution in [-0.2, 0) is 9.47 Å². The average molecular weight is 317 g/mol. The fourth-order valence-electron chi connectivity index (χ4n) is 4.16. The molecule has 3 fully saturated rings. The Bertz CT molecular complexity index is 486. The van der Waals surface area contributed by atoms with Crippen molar-refractivity contribution in [1.82, 2.24) is 10.3 Å². The van der Waals surface area contributed by atoms with Gasteiger partial charge in [-0.05, 0) is 37.8 Å². The van der Waals surface area contributed by atoms with Crippen molar-refractivity contribution in [2.45, 2.75) is 56.4 Å². The lowest BCUT2D eigenvalue weighted by molar-refractivity contribution is -0.179. The highest BCUT2D eigenvalue weighted by molar-refractivity contribution is 5.38. The van der Waals surface area contributed by atoms with E-state index in [9.17, 15) is 0 Å². The molecule has 0 bridgehead atoms. The molecule has 0 unspecified atom stereocenters. The number of ether oxygens (including phenoxy) is 2. The summed E-state index contributed by atoms with van der Waals surface area (Å²) in [7, 11) is 0. The maximum atomic E-state index is 5.82. The number of anilines is 1. The molecule has 3 heterocycles. The number of hydrogen-bond donors (Lipinski definition) is 1. The summed E-state index contributed by atoms with van der Waals surface area (Å²) in [5.41, 5.74) is 0. The van der Waals surface area contributed by atoms with E-state index >= 15 is 0 Å². The molecule has 2 saturated heterocycles. The van der Waals surface area contributed by atoms with Crippen molar-refractivity contribution in [3.05, 3.63) is 24.4 Å². The standard InChI is InChI=1S/C18H27N3O2/c1-2-10-19-17(3-1)21-11-6-16(7-12-21)20-15-4-8-18(9-5-15)22-13-14-23-18/h1-3,10,15-16,20H,4-9,11-14H2. The highest BCUT2D eigenvalue weighted by Crippen LogP contribution is 2.36. The molecule has 0 atom stereocenters. The molecule has 1 aromatic rings. The van der Waals surface area contributed by atoms with Crippen LogP contribution in [0.15, 0.2) is 24.4 Å². The van der Waals surface area contributed by atoms with Gasteiger partial charge in [0, 0.05) is 44.2 Å². The molecular formula is C18H27N3O2. The predicted molar refractivity (Wildman–Crippen MR) is 89.5 cm³/mol. The minimum absolute atomic E-state index is 0.236. The van der Waals surface area contributed by atoms with Crippen LogP contribution >= 0.6 is 0 Å². The second-order valence-corrected chi connectivity index (χ2v) is 7.00. The normalized spacial score (nSPS) is 26.0. The third-order valence-electron chi connectivity index (χ3n) is 5.50. The van der Waals surface area contributed by atoms with Crippen molar-refractivity contribution in [2.24, 2.45) is 0 Å². The van der Waals surface area contributed by atoms with Crippen molar-refractivity contribution in [3.63, 3.8) is 0 Å². The van der Waals surface area contributed by atoms with Gasteiger partial charge in [-0.3, -0.25) is 0 Å². The molecule has 4 rings (SSSR count). The molecule has 1 saturated carbocycles. The van der Waals surface area contributed by atoms with Crippen LogP contribution in [0.1, 0.15) is 38.5 Å². The van der Waals surface area contributed by atoms with E-state index in [4.69, 9.17) is 9.47 Å². The van der Waals surface area contributed by atoms with E-state index in [0.717, 1.165) is 45.0 Å². The molecule has 5 nitrogen and oxygen atoms in total. The van der Waals surface area contributed by atoms with E-state index < -0.39 is 0 Å². The van der Waals surface area contributed by atoms with Gasteiger partial charge in [0.15, 0.2) is 5.79 Å². The zero-order chi connectivity index (χ0) is 15.5. The second kappa shape index (κ2) is 6.75. The molecular weight excluding hydrogens is 290 g/mol. The number of hydrogen-bond acceptors (Lipinski definition) is 5. The van der Waals surface area contributed by atoms with E-state index in [2.05, 4.69) is 27.3 Å². The summed E-state index contributed by atoms with van der Waals surface area (Å²) in [5, 5.41) is 3.88. The summed E-state index contributed by atoms with van der Waals surface area (Å²) in [6.45, 7) is 3.73. The monoisotopic (exact) mass is 317 g/mol. The van der Waals surface area contributed by atoms with E-state index in [1.165, 1.54) is 25.7 Å². The Morgan fingerprint density at radius 2 is 1.70 bits per heavy atom. The highest BCUT2D eigenvalue weighted by atomic mass is 16.7. The smallest absolute Gasteiger partial charge is 0.168 e. The maximum Gasteiger partial charge on any atom is 0.168 e. The molecule has 0 amide bonds. The first-order valence-corrected chi connectivity index (χ1v) is 9.03. The number of nitrogens with zero attached hydrogens (tertiary/aromatic N) is 2.